The summed E-state index contributed by atoms with van der Waals surface area (Å²) in [5, 5.41) is 9.18. The number of carboxylic acids is 1. The summed E-state index contributed by atoms with van der Waals surface area (Å²) in [5.74, 6) is -0.847. The molecule has 2 fully saturated rings. The average Bonchev–Trinajstić information content (AvgIpc) is 2.87. The molecule has 1 aliphatic heterocycles. The summed E-state index contributed by atoms with van der Waals surface area (Å²) < 4.78 is 26.7. The molecule has 0 radical (unpaired) electrons. The SMILES string of the molecule is CCCC1(C(=O)O)CCN(S(=O)(=O)C2CCCCC2)C1. The smallest absolute Gasteiger partial charge is 0.311 e. The van der Waals surface area contributed by atoms with Crippen LogP contribution in [0.2, 0.25) is 0 Å². The molecule has 0 bridgehead atoms. The Morgan fingerprint density at radius 2 is 1.95 bits per heavy atom. The number of sulfonamides is 1. The molecule has 0 spiro atoms. The summed E-state index contributed by atoms with van der Waals surface area (Å²) in [7, 11) is -3.31. The van der Waals surface area contributed by atoms with Crippen LogP contribution in [0.5, 0.6) is 0 Å². The fourth-order valence-corrected chi connectivity index (χ4v) is 5.71. The molecule has 0 aromatic rings. The van der Waals surface area contributed by atoms with Gasteiger partial charge < -0.3 is 5.11 Å². The van der Waals surface area contributed by atoms with Crippen molar-refractivity contribution in [3.8, 4) is 0 Å². The van der Waals surface area contributed by atoms with Gasteiger partial charge in [0.15, 0.2) is 0 Å². The fourth-order valence-electron chi connectivity index (χ4n) is 3.59. The van der Waals surface area contributed by atoms with Gasteiger partial charge in [-0.25, -0.2) is 12.7 Å². The number of hydrogen-bond donors (Lipinski definition) is 1. The van der Waals surface area contributed by atoms with Crippen LogP contribution in [0.15, 0.2) is 0 Å². The summed E-state index contributed by atoms with van der Waals surface area (Å²) >= 11 is 0. The molecule has 20 heavy (non-hydrogen) atoms. The fraction of sp³-hybridized carbons (Fsp3) is 0.929. The third-order valence-electron chi connectivity index (χ3n) is 4.83. The zero-order valence-corrected chi connectivity index (χ0v) is 13.0. The van der Waals surface area contributed by atoms with Gasteiger partial charge in [0, 0.05) is 13.1 Å². The zero-order chi connectivity index (χ0) is 14.8. The first-order valence-electron chi connectivity index (χ1n) is 7.65. The van der Waals surface area contributed by atoms with Crippen LogP contribution in [0, 0.1) is 5.41 Å². The minimum Gasteiger partial charge on any atom is -0.481 e. The molecule has 2 rings (SSSR count). The van der Waals surface area contributed by atoms with Crippen LogP contribution < -0.4 is 0 Å². The molecule has 0 aromatic carbocycles. The Morgan fingerprint density at radius 1 is 1.30 bits per heavy atom. The average molecular weight is 303 g/mol. The Balaban J connectivity index is 2.12. The first kappa shape index (κ1) is 15.8. The summed E-state index contributed by atoms with van der Waals surface area (Å²) in [6.45, 7) is 2.48. The molecule has 2 aliphatic rings. The monoisotopic (exact) mass is 303 g/mol. The lowest BCUT2D eigenvalue weighted by molar-refractivity contribution is -0.148. The van der Waals surface area contributed by atoms with Crippen LogP contribution in [0.1, 0.15) is 58.3 Å². The second kappa shape index (κ2) is 6.02. The topological polar surface area (TPSA) is 74.7 Å². The summed E-state index contributed by atoms with van der Waals surface area (Å²) in [6.07, 6.45) is 6.28. The van der Waals surface area contributed by atoms with Gasteiger partial charge in [0.1, 0.15) is 0 Å². The predicted molar refractivity (Wildman–Crippen MR) is 77.0 cm³/mol. The van der Waals surface area contributed by atoms with Crippen LogP contribution >= 0.6 is 0 Å². The van der Waals surface area contributed by atoms with Crippen LogP contribution in [0.25, 0.3) is 0 Å². The van der Waals surface area contributed by atoms with E-state index in [2.05, 4.69) is 0 Å². The maximum Gasteiger partial charge on any atom is 0.311 e. The van der Waals surface area contributed by atoms with E-state index < -0.39 is 21.4 Å². The van der Waals surface area contributed by atoms with Gasteiger partial charge in [-0.2, -0.15) is 0 Å². The van der Waals surface area contributed by atoms with E-state index in [4.69, 9.17) is 0 Å². The molecule has 1 saturated heterocycles. The third-order valence-corrected chi connectivity index (χ3v) is 7.18. The molecule has 0 amide bonds. The van der Waals surface area contributed by atoms with Crippen molar-refractivity contribution in [3.05, 3.63) is 0 Å². The lowest BCUT2D eigenvalue weighted by Gasteiger charge is -2.28. The molecule has 116 valence electrons. The van der Waals surface area contributed by atoms with E-state index in [-0.39, 0.29) is 11.8 Å². The summed E-state index contributed by atoms with van der Waals surface area (Å²) in [4.78, 5) is 11.5. The lowest BCUT2D eigenvalue weighted by atomic mass is 9.83. The number of hydrogen-bond acceptors (Lipinski definition) is 3. The minimum absolute atomic E-state index is 0.162. The van der Waals surface area contributed by atoms with Crippen molar-refractivity contribution >= 4 is 16.0 Å². The molecule has 6 heteroatoms. The molecule has 1 saturated carbocycles. The lowest BCUT2D eigenvalue weighted by Crippen LogP contribution is -2.41. The van der Waals surface area contributed by atoms with E-state index in [1.165, 1.54) is 4.31 Å². The second-order valence-corrected chi connectivity index (χ2v) is 8.44. The highest BCUT2D eigenvalue weighted by atomic mass is 32.2. The molecule has 0 aromatic heterocycles. The van der Waals surface area contributed by atoms with Crippen LogP contribution in [0.3, 0.4) is 0 Å². The highest BCUT2D eigenvalue weighted by molar-refractivity contribution is 7.89. The molecule has 5 nitrogen and oxygen atoms in total. The van der Waals surface area contributed by atoms with Gasteiger partial charge in [-0.05, 0) is 25.7 Å². The van der Waals surface area contributed by atoms with Crippen molar-refractivity contribution < 1.29 is 18.3 Å². The Hall–Kier alpha value is -0.620. The third kappa shape index (κ3) is 2.86. The van der Waals surface area contributed by atoms with Crippen molar-refractivity contribution in [2.75, 3.05) is 13.1 Å². The number of carbonyl (C=O) groups is 1. The van der Waals surface area contributed by atoms with Crippen LogP contribution in [0.4, 0.5) is 0 Å². The zero-order valence-electron chi connectivity index (χ0n) is 12.2. The first-order valence-corrected chi connectivity index (χ1v) is 9.15. The van der Waals surface area contributed by atoms with Gasteiger partial charge in [0.2, 0.25) is 10.0 Å². The van der Waals surface area contributed by atoms with Crippen molar-refractivity contribution in [3.63, 3.8) is 0 Å². The first-order chi connectivity index (χ1) is 9.42. The van der Waals surface area contributed by atoms with Crippen LogP contribution in [-0.4, -0.2) is 42.1 Å². The molecule has 1 unspecified atom stereocenters. The van der Waals surface area contributed by atoms with E-state index in [0.717, 1.165) is 38.5 Å². The van der Waals surface area contributed by atoms with Crippen molar-refractivity contribution in [2.24, 2.45) is 5.41 Å². The second-order valence-electron chi connectivity index (χ2n) is 6.22. The van der Waals surface area contributed by atoms with Crippen molar-refractivity contribution in [1.29, 1.82) is 0 Å². The van der Waals surface area contributed by atoms with Crippen LogP contribution in [-0.2, 0) is 14.8 Å². The van der Waals surface area contributed by atoms with E-state index in [1.54, 1.807) is 0 Å². The summed E-state index contributed by atoms with van der Waals surface area (Å²) in [6, 6.07) is 0. The van der Waals surface area contributed by atoms with Gasteiger partial charge in [0.25, 0.3) is 0 Å². The van der Waals surface area contributed by atoms with E-state index in [9.17, 15) is 18.3 Å². The summed E-state index contributed by atoms with van der Waals surface area (Å²) in [5.41, 5.74) is -0.865. The number of rotatable bonds is 5. The number of carboxylic acid groups (broad SMARTS) is 1. The van der Waals surface area contributed by atoms with Crippen molar-refractivity contribution in [2.45, 2.75) is 63.5 Å². The van der Waals surface area contributed by atoms with Gasteiger partial charge in [0.05, 0.1) is 10.7 Å². The quantitative estimate of drug-likeness (QED) is 0.845. The largest absolute Gasteiger partial charge is 0.481 e. The number of nitrogens with zero attached hydrogens (tertiary/aromatic N) is 1. The molecule has 1 heterocycles. The highest BCUT2D eigenvalue weighted by Gasteiger charge is 2.48. The molecular weight excluding hydrogens is 278 g/mol. The van der Waals surface area contributed by atoms with Gasteiger partial charge in [-0.1, -0.05) is 32.6 Å². The minimum atomic E-state index is -3.31. The normalized spacial score (nSPS) is 29.6. The maximum atomic E-state index is 12.6. The number of aliphatic carboxylic acids is 1. The maximum absolute atomic E-state index is 12.6. The van der Waals surface area contributed by atoms with E-state index in [1.807, 2.05) is 6.92 Å². The van der Waals surface area contributed by atoms with Gasteiger partial charge in [-0.15, -0.1) is 0 Å². The predicted octanol–water partition coefficient (Wildman–Crippen LogP) is 2.23. The Bertz CT molecular complexity index is 456. The van der Waals surface area contributed by atoms with E-state index >= 15 is 0 Å². The van der Waals surface area contributed by atoms with Gasteiger partial charge >= 0.3 is 5.97 Å². The Labute approximate surface area is 121 Å². The highest BCUT2D eigenvalue weighted by Crippen LogP contribution is 2.38. The molecule has 1 atom stereocenters. The standard InChI is InChI=1S/C14H25NO4S/c1-2-8-14(13(16)17)9-10-15(11-14)20(18,19)12-6-4-3-5-7-12/h12H,2-11H2,1H3,(H,16,17). The van der Waals surface area contributed by atoms with Crippen molar-refractivity contribution in [1.82, 2.24) is 4.31 Å². The molecular formula is C14H25NO4S. The molecule has 1 N–H and O–H groups in total. The Morgan fingerprint density at radius 3 is 2.50 bits per heavy atom. The van der Waals surface area contributed by atoms with Gasteiger partial charge in [-0.3, -0.25) is 4.79 Å². The Kier molecular flexibility index (Phi) is 4.74. The van der Waals surface area contributed by atoms with E-state index in [0.29, 0.717) is 19.4 Å². The molecule has 1 aliphatic carbocycles.